The molecule has 0 radical (unpaired) electrons. The summed E-state index contributed by atoms with van der Waals surface area (Å²) in [7, 11) is 0. The van der Waals surface area contributed by atoms with Gasteiger partial charge in [-0.15, -0.1) is 0 Å². The predicted octanol–water partition coefficient (Wildman–Crippen LogP) is 1.01. The molecule has 1 heterocycles. The Kier molecular flexibility index (Phi) is 4.01. The van der Waals surface area contributed by atoms with Crippen LogP contribution in [0.25, 0.3) is 6.08 Å². The van der Waals surface area contributed by atoms with Gasteiger partial charge in [0.15, 0.2) is 0 Å². The van der Waals surface area contributed by atoms with Gasteiger partial charge >= 0.3 is 0 Å². The standard InChI is InChI=1S/C13H18N2O2/c14-12-2-1-3-13-11(12)5-4-10(17-13)6-7-15-8-9-16/h1-5,10,15-16H,6-9,14H2. The third kappa shape index (κ3) is 2.99. The zero-order valence-electron chi connectivity index (χ0n) is 9.73. The minimum atomic E-state index is 0.0792. The molecule has 92 valence electrons. The van der Waals surface area contributed by atoms with Crippen molar-refractivity contribution in [1.29, 1.82) is 0 Å². The fraction of sp³-hybridized carbons (Fsp3) is 0.385. The molecule has 1 aliphatic rings. The van der Waals surface area contributed by atoms with E-state index in [9.17, 15) is 0 Å². The molecule has 1 aliphatic heterocycles. The number of nitrogen functional groups attached to an aromatic ring is 1. The molecule has 0 fully saturated rings. The Morgan fingerprint density at radius 3 is 3.06 bits per heavy atom. The Hall–Kier alpha value is -1.52. The van der Waals surface area contributed by atoms with Gasteiger partial charge < -0.3 is 20.9 Å². The van der Waals surface area contributed by atoms with Crippen molar-refractivity contribution >= 4 is 11.8 Å². The second kappa shape index (κ2) is 5.70. The van der Waals surface area contributed by atoms with Crippen molar-refractivity contribution in [2.45, 2.75) is 12.5 Å². The lowest BCUT2D eigenvalue weighted by Gasteiger charge is -2.22. The molecule has 0 aliphatic carbocycles. The number of nitrogens with one attached hydrogen (secondary N) is 1. The van der Waals surface area contributed by atoms with E-state index in [-0.39, 0.29) is 12.7 Å². The first-order chi connectivity index (χ1) is 8.31. The van der Waals surface area contributed by atoms with Crippen LogP contribution in [-0.4, -0.2) is 30.9 Å². The minimum absolute atomic E-state index is 0.0792. The van der Waals surface area contributed by atoms with Gasteiger partial charge in [0.1, 0.15) is 11.9 Å². The molecule has 4 nitrogen and oxygen atoms in total. The molecule has 1 aromatic carbocycles. The van der Waals surface area contributed by atoms with E-state index in [4.69, 9.17) is 15.6 Å². The first-order valence-corrected chi connectivity index (χ1v) is 5.86. The third-order valence-electron chi connectivity index (χ3n) is 2.75. The number of fused-ring (bicyclic) bond motifs is 1. The van der Waals surface area contributed by atoms with E-state index in [2.05, 4.69) is 5.32 Å². The van der Waals surface area contributed by atoms with Crippen molar-refractivity contribution in [3.63, 3.8) is 0 Å². The van der Waals surface area contributed by atoms with Crippen LogP contribution in [0.3, 0.4) is 0 Å². The van der Waals surface area contributed by atoms with Crippen LogP contribution in [0.2, 0.25) is 0 Å². The van der Waals surface area contributed by atoms with Gasteiger partial charge in [-0.05, 0) is 30.8 Å². The van der Waals surface area contributed by atoms with Crippen molar-refractivity contribution in [3.8, 4) is 5.75 Å². The SMILES string of the molecule is Nc1cccc2c1C=CC(CCNCCO)O2. The molecular formula is C13H18N2O2. The Bertz CT molecular complexity index is 404. The van der Waals surface area contributed by atoms with Crippen molar-refractivity contribution < 1.29 is 9.84 Å². The number of rotatable bonds is 5. The molecule has 0 aromatic heterocycles. The molecule has 1 atom stereocenters. The van der Waals surface area contributed by atoms with Gasteiger partial charge in [0, 0.05) is 24.2 Å². The summed E-state index contributed by atoms with van der Waals surface area (Å²) in [6, 6.07) is 5.70. The molecule has 2 rings (SSSR count). The van der Waals surface area contributed by atoms with Gasteiger partial charge in [0.2, 0.25) is 0 Å². The summed E-state index contributed by atoms with van der Waals surface area (Å²) >= 11 is 0. The highest BCUT2D eigenvalue weighted by atomic mass is 16.5. The fourth-order valence-corrected chi connectivity index (χ4v) is 1.85. The summed E-state index contributed by atoms with van der Waals surface area (Å²) < 4.78 is 5.82. The molecule has 0 saturated heterocycles. The van der Waals surface area contributed by atoms with Crippen LogP contribution in [0.5, 0.6) is 5.75 Å². The van der Waals surface area contributed by atoms with Crippen LogP contribution in [0, 0.1) is 0 Å². The van der Waals surface area contributed by atoms with Crippen LogP contribution < -0.4 is 15.8 Å². The van der Waals surface area contributed by atoms with Crippen molar-refractivity contribution in [3.05, 3.63) is 29.8 Å². The molecular weight excluding hydrogens is 216 g/mol. The van der Waals surface area contributed by atoms with E-state index >= 15 is 0 Å². The van der Waals surface area contributed by atoms with Crippen molar-refractivity contribution in [1.82, 2.24) is 5.32 Å². The minimum Gasteiger partial charge on any atom is -0.486 e. The first kappa shape index (κ1) is 12.0. The van der Waals surface area contributed by atoms with E-state index < -0.39 is 0 Å². The molecule has 1 aromatic rings. The number of nitrogens with two attached hydrogens (primary N) is 1. The highest BCUT2D eigenvalue weighted by Gasteiger charge is 2.15. The largest absolute Gasteiger partial charge is 0.486 e. The Labute approximate surface area is 101 Å². The second-order valence-corrected chi connectivity index (χ2v) is 4.04. The Balaban J connectivity index is 1.91. The summed E-state index contributed by atoms with van der Waals surface area (Å²) in [6.07, 6.45) is 5.00. The summed E-state index contributed by atoms with van der Waals surface area (Å²) in [4.78, 5) is 0. The van der Waals surface area contributed by atoms with Crippen molar-refractivity contribution in [2.24, 2.45) is 0 Å². The monoisotopic (exact) mass is 234 g/mol. The van der Waals surface area contributed by atoms with Gasteiger partial charge in [-0.3, -0.25) is 0 Å². The van der Waals surface area contributed by atoms with E-state index in [1.807, 2.05) is 30.4 Å². The molecule has 4 heteroatoms. The van der Waals surface area contributed by atoms with E-state index in [1.165, 1.54) is 0 Å². The number of hydrogen-bond acceptors (Lipinski definition) is 4. The number of anilines is 1. The molecule has 0 saturated carbocycles. The maximum absolute atomic E-state index is 8.64. The smallest absolute Gasteiger partial charge is 0.129 e. The van der Waals surface area contributed by atoms with Gasteiger partial charge in [-0.1, -0.05) is 6.07 Å². The third-order valence-corrected chi connectivity index (χ3v) is 2.75. The lowest BCUT2D eigenvalue weighted by molar-refractivity contribution is 0.230. The van der Waals surface area contributed by atoms with Gasteiger partial charge in [-0.25, -0.2) is 0 Å². The number of aliphatic hydroxyl groups excluding tert-OH is 1. The fourth-order valence-electron chi connectivity index (χ4n) is 1.85. The average molecular weight is 234 g/mol. The van der Waals surface area contributed by atoms with Crippen LogP contribution in [-0.2, 0) is 0 Å². The summed E-state index contributed by atoms with van der Waals surface area (Å²) in [6.45, 7) is 1.62. The second-order valence-electron chi connectivity index (χ2n) is 4.04. The van der Waals surface area contributed by atoms with E-state index in [0.29, 0.717) is 6.54 Å². The number of ether oxygens (including phenoxy) is 1. The summed E-state index contributed by atoms with van der Waals surface area (Å²) in [5.74, 6) is 0.847. The maximum Gasteiger partial charge on any atom is 0.129 e. The van der Waals surface area contributed by atoms with E-state index in [0.717, 1.165) is 30.0 Å². The lowest BCUT2D eigenvalue weighted by atomic mass is 10.1. The van der Waals surface area contributed by atoms with Gasteiger partial charge in [0.25, 0.3) is 0 Å². The normalized spacial score (nSPS) is 17.6. The Morgan fingerprint density at radius 2 is 2.24 bits per heavy atom. The van der Waals surface area contributed by atoms with Gasteiger partial charge in [0.05, 0.1) is 6.61 Å². The topological polar surface area (TPSA) is 67.5 Å². The summed E-state index contributed by atoms with van der Waals surface area (Å²) in [5.41, 5.74) is 7.57. The zero-order chi connectivity index (χ0) is 12.1. The molecule has 17 heavy (non-hydrogen) atoms. The van der Waals surface area contributed by atoms with E-state index in [1.54, 1.807) is 0 Å². The highest BCUT2D eigenvalue weighted by Crippen LogP contribution is 2.30. The number of aliphatic hydroxyl groups is 1. The molecule has 0 bridgehead atoms. The molecule has 0 amide bonds. The highest BCUT2D eigenvalue weighted by molar-refractivity contribution is 5.71. The lowest BCUT2D eigenvalue weighted by Crippen LogP contribution is -2.26. The van der Waals surface area contributed by atoms with Gasteiger partial charge in [-0.2, -0.15) is 0 Å². The molecule has 0 spiro atoms. The predicted molar refractivity (Wildman–Crippen MR) is 68.9 cm³/mol. The van der Waals surface area contributed by atoms with Crippen molar-refractivity contribution in [2.75, 3.05) is 25.4 Å². The van der Waals surface area contributed by atoms with Crippen LogP contribution >= 0.6 is 0 Å². The summed E-state index contributed by atoms with van der Waals surface area (Å²) in [5, 5.41) is 11.8. The van der Waals surface area contributed by atoms with Crippen LogP contribution in [0.15, 0.2) is 24.3 Å². The first-order valence-electron chi connectivity index (χ1n) is 5.86. The molecule has 1 unspecified atom stereocenters. The van der Waals surface area contributed by atoms with Crippen LogP contribution in [0.4, 0.5) is 5.69 Å². The Morgan fingerprint density at radius 1 is 1.35 bits per heavy atom. The average Bonchev–Trinajstić information content (AvgIpc) is 2.35. The molecule has 4 N–H and O–H groups in total. The number of benzene rings is 1. The van der Waals surface area contributed by atoms with Crippen LogP contribution in [0.1, 0.15) is 12.0 Å². The quantitative estimate of drug-likeness (QED) is 0.525. The maximum atomic E-state index is 8.64. The number of hydrogen-bond donors (Lipinski definition) is 3. The zero-order valence-corrected chi connectivity index (χ0v) is 9.73.